The van der Waals surface area contributed by atoms with Gasteiger partial charge in [0.15, 0.2) is 0 Å². The molecule has 0 aromatic heterocycles. The van der Waals surface area contributed by atoms with Gasteiger partial charge in [0.2, 0.25) is 5.91 Å². The molecule has 1 heterocycles. The minimum atomic E-state index is -0.898. The first kappa shape index (κ1) is 20.7. The Bertz CT molecular complexity index is 696. The lowest BCUT2D eigenvalue weighted by Crippen LogP contribution is -2.47. The Morgan fingerprint density at radius 1 is 1.19 bits per heavy atom. The van der Waals surface area contributed by atoms with E-state index >= 15 is 0 Å². The van der Waals surface area contributed by atoms with Gasteiger partial charge in [-0.3, -0.25) is 14.5 Å². The zero-order valence-corrected chi connectivity index (χ0v) is 16.7. The second-order valence-electron chi connectivity index (χ2n) is 7.17. The summed E-state index contributed by atoms with van der Waals surface area (Å²) in [6, 6.07) is 6.74. The molecule has 2 N–H and O–H groups in total. The van der Waals surface area contributed by atoms with Crippen LogP contribution in [0.3, 0.4) is 0 Å². The SMILES string of the molecule is CCC1(CC)NC(=O)N(CC(=O)NC(c2ccc(OC)cc2)C(C)C)C1=O. The van der Waals surface area contributed by atoms with E-state index in [0.29, 0.717) is 12.8 Å². The number of nitrogens with one attached hydrogen (secondary N) is 2. The molecule has 1 aliphatic heterocycles. The molecular formula is C20H29N3O4. The van der Waals surface area contributed by atoms with Gasteiger partial charge in [0.1, 0.15) is 17.8 Å². The van der Waals surface area contributed by atoms with Crippen molar-refractivity contribution in [3.05, 3.63) is 29.8 Å². The van der Waals surface area contributed by atoms with Crippen LogP contribution in [0.5, 0.6) is 5.75 Å². The van der Waals surface area contributed by atoms with Crippen molar-refractivity contribution < 1.29 is 19.1 Å². The second-order valence-corrected chi connectivity index (χ2v) is 7.17. The zero-order valence-electron chi connectivity index (χ0n) is 16.7. The first-order valence-electron chi connectivity index (χ1n) is 9.35. The molecule has 7 heteroatoms. The number of imide groups is 1. The number of benzene rings is 1. The van der Waals surface area contributed by atoms with Gasteiger partial charge in [-0.05, 0) is 36.5 Å². The fraction of sp³-hybridized carbons (Fsp3) is 0.550. The number of hydrogen-bond donors (Lipinski definition) is 2. The minimum absolute atomic E-state index is 0.135. The minimum Gasteiger partial charge on any atom is -0.497 e. The van der Waals surface area contributed by atoms with Crippen molar-refractivity contribution in [2.24, 2.45) is 5.92 Å². The third-order valence-electron chi connectivity index (χ3n) is 5.21. The van der Waals surface area contributed by atoms with Crippen LogP contribution < -0.4 is 15.4 Å². The summed E-state index contributed by atoms with van der Waals surface area (Å²) in [5, 5.41) is 5.68. The van der Waals surface area contributed by atoms with Gasteiger partial charge in [-0.15, -0.1) is 0 Å². The number of amides is 4. The summed E-state index contributed by atoms with van der Waals surface area (Å²) in [5.41, 5.74) is 0.0398. The molecule has 1 atom stereocenters. The Labute approximate surface area is 160 Å². The smallest absolute Gasteiger partial charge is 0.325 e. The van der Waals surface area contributed by atoms with E-state index in [1.807, 2.05) is 52.0 Å². The van der Waals surface area contributed by atoms with Crippen LogP contribution in [-0.4, -0.2) is 41.9 Å². The van der Waals surface area contributed by atoms with Crippen molar-refractivity contribution in [3.8, 4) is 5.75 Å². The second kappa shape index (κ2) is 8.41. The maximum atomic E-state index is 12.6. The Morgan fingerprint density at radius 3 is 2.22 bits per heavy atom. The van der Waals surface area contributed by atoms with Crippen LogP contribution in [-0.2, 0) is 9.59 Å². The topological polar surface area (TPSA) is 87.7 Å². The van der Waals surface area contributed by atoms with Crippen molar-refractivity contribution in [2.75, 3.05) is 13.7 Å². The van der Waals surface area contributed by atoms with Gasteiger partial charge in [0.05, 0.1) is 13.2 Å². The number of urea groups is 1. The van der Waals surface area contributed by atoms with E-state index in [1.54, 1.807) is 7.11 Å². The molecular weight excluding hydrogens is 346 g/mol. The molecule has 1 aromatic rings. The fourth-order valence-electron chi connectivity index (χ4n) is 3.36. The average molecular weight is 375 g/mol. The van der Waals surface area contributed by atoms with E-state index in [0.717, 1.165) is 16.2 Å². The van der Waals surface area contributed by atoms with Gasteiger partial charge >= 0.3 is 6.03 Å². The molecule has 1 aliphatic rings. The molecule has 1 fully saturated rings. The molecule has 0 radical (unpaired) electrons. The Hall–Kier alpha value is -2.57. The Morgan fingerprint density at radius 2 is 1.78 bits per heavy atom. The average Bonchev–Trinajstić information content (AvgIpc) is 2.90. The monoisotopic (exact) mass is 375 g/mol. The molecule has 0 aliphatic carbocycles. The highest BCUT2D eigenvalue weighted by Gasteiger charge is 2.49. The molecule has 7 nitrogen and oxygen atoms in total. The van der Waals surface area contributed by atoms with Gasteiger partial charge in [-0.2, -0.15) is 0 Å². The van der Waals surface area contributed by atoms with E-state index in [4.69, 9.17) is 4.74 Å². The van der Waals surface area contributed by atoms with Crippen LogP contribution in [0.2, 0.25) is 0 Å². The van der Waals surface area contributed by atoms with Gasteiger partial charge in [0, 0.05) is 0 Å². The highest BCUT2D eigenvalue weighted by atomic mass is 16.5. The molecule has 1 aromatic carbocycles. The molecule has 1 saturated heterocycles. The van der Waals surface area contributed by atoms with E-state index in [1.165, 1.54) is 0 Å². The van der Waals surface area contributed by atoms with Crippen LogP contribution in [0.25, 0.3) is 0 Å². The number of ether oxygens (including phenoxy) is 1. The number of rotatable bonds is 8. The van der Waals surface area contributed by atoms with Gasteiger partial charge in [-0.25, -0.2) is 4.79 Å². The normalized spacial score (nSPS) is 17.0. The first-order valence-corrected chi connectivity index (χ1v) is 9.35. The summed E-state index contributed by atoms with van der Waals surface area (Å²) in [6.07, 6.45) is 0.985. The fourth-order valence-corrected chi connectivity index (χ4v) is 3.36. The van der Waals surface area contributed by atoms with Crippen LogP contribution in [0, 0.1) is 5.92 Å². The molecule has 2 rings (SSSR count). The van der Waals surface area contributed by atoms with Crippen LogP contribution in [0.1, 0.15) is 52.1 Å². The van der Waals surface area contributed by atoms with Gasteiger partial charge in [0.25, 0.3) is 5.91 Å². The lowest BCUT2D eigenvalue weighted by atomic mass is 9.93. The summed E-state index contributed by atoms with van der Waals surface area (Å²) in [7, 11) is 1.60. The van der Waals surface area contributed by atoms with Crippen molar-refractivity contribution >= 4 is 17.8 Å². The molecule has 0 bridgehead atoms. The van der Waals surface area contributed by atoms with Gasteiger partial charge in [-0.1, -0.05) is 39.8 Å². The molecule has 0 spiro atoms. The van der Waals surface area contributed by atoms with E-state index < -0.39 is 11.6 Å². The van der Waals surface area contributed by atoms with Crippen LogP contribution in [0.15, 0.2) is 24.3 Å². The first-order chi connectivity index (χ1) is 12.8. The van der Waals surface area contributed by atoms with Gasteiger partial charge < -0.3 is 15.4 Å². The predicted octanol–water partition coefficient (Wildman–Crippen LogP) is 2.62. The number of carbonyl (C=O) groups is 3. The lowest BCUT2D eigenvalue weighted by molar-refractivity contribution is -0.135. The van der Waals surface area contributed by atoms with Crippen molar-refractivity contribution in [1.29, 1.82) is 0 Å². The number of hydrogen-bond acceptors (Lipinski definition) is 4. The number of carbonyl (C=O) groups excluding carboxylic acids is 3. The number of methoxy groups -OCH3 is 1. The van der Waals surface area contributed by atoms with Crippen molar-refractivity contribution in [2.45, 2.75) is 52.1 Å². The third kappa shape index (κ3) is 4.23. The highest BCUT2D eigenvalue weighted by molar-refractivity contribution is 6.09. The summed E-state index contributed by atoms with van der Waals surface area (Å²) in [5.74, 6) is 0.174. The van der Waals surface area contributed by atoms with E-state index in [2.05, 4.69) is 10.6 Å². The maximum Gasteiger partial charge on any atom is 0.325 e. The maximum absolute atomic E-state index is 12.6. The Kier molecular flexibility index (Phi) is 6.46. The van der Waals surface area contributed by atoms with Crippen molar-refractivity contribution in [3.63, 3.8) is 0 Å². The van der Waals surface area contributed by atoms with E-state index in [9.17, 15) is 14.4 Å². The summed E-state index contributed by atoms with van der Waals surface area (Å²) in [4.78, 5) is 38.4. The van der Waals surface area contributed by atoms with Crippen LogP contribution >= 0.6 is 0 Å². The molecule has 0 saturated carbocycles. The summed E-state index contributed by atoms with van der Waals surface area (Å²) >= 11 is 0. The standard InChI is InChI=1S/C20H29N3O4/c1-6-20(7-2)18(25)23(19(26)22-20)12-16(24)21-17(13(3)4)14-8-10-15(27-5)11-9-14/h8-11,13,17H,6-7,12H2,1-5H3,(H,21,24)(H,22,26). The van der Waals surface area contributed by atoms with Crippen molar-refractivity contribution in [1.82, 2.24) is 15.5 Å². The molecule has 148 valence electrons. The highest BCUT2D eigenvalue weighted by Crippen LogP contribution is 2.26. The zero-order chi connectivity index (χ0) is 20.2. The largest absolute Gasteiger partial charge is 0.497 e. The number of nitrogens with zero attached hydrogens (tertiary/aromatic N) is 1. The molecule has 27 heavy (non-hydrogen) atoms. The summed E-state index contributed by atoms with van der Waals surface area (Å²) < 4.78 is 5.17. The lowest BCUT2D eigenvalue weighted by Gasteiger charge is -2.25. The summed E-state index contributed by atoms with van der Waals surface area (Å²) in [6.45, 7) is 7.42. The van der Waals surface area contributed by atoms with E-state index in [-0.39, 0.29) is 30.3 Å². The quantitative estimate of drug-likeness (QED) is 0.684. The predicted molar refractivity (Wildman–Crippen MR) is 102 cm³/mol. The molecule has 1 unspecified atom stereocenters. The Balaban J connectivity index is 2.10. The van der Waals surface area contributed by atoms with Crippen LogP contribution in [0.4, 0.5) is 4.79 Å². The third-order valence-corrected chi connectivity index (χ3v) is 5.21. The molecule has 4 amide bonds.